The minimum absolute atomic E-state index is 0.122. The van der Waals surface area contributed by atoms with E-state index in [0.717, 1.165) is 11.1 Å². The Balaban J connectivity index is 1.83. The molecule has 9 heteroatoms. The number of hydrogen-bond acceptors (Lipinski definition) is 6. The van der Waals surface area contributed by atoms with Crippen LogP contribution >= 0.6 is 15.9 Å². The summed E-state index contributed by atoms with van der Waals surface area (Å²) in [5.41, 5.74) is 8.99. The lowest BCUT2D eigenvalue weighted by Gasteiger charge is -2.37. The summed E-state index contributed by atoms with van der Waals surface area (Å²) >= 11 is 3.45. The second kappa shape index (κ2) is 8.74. The number of nitrogens with two attached hydrogens (primary N) is 1. The third-order valence-corrected chi connectivity index (χ3v) is 6.26. The summed E-state index contributed by atoms with van der Waals surface area (Å²) in [4.78, 5) is 23.9. The molecule has 166 valence electrons. The lowest BCUT2D eigenvalue weighted by atomic mass is 9.91. The van der Waals surface area contributed by atoms with Gasteiger partial charge in [0.05, 0.1) is 43.8 Å². The van der Waals surface area contributed by atoms with Gasteiger partial charge in [0.15, 0.2) is 0 Å². The highest BCUT2D eigenvalue weighted by atomic mass is 79.9. The number of anilines is 1. The number of fused-ring (bicyclic) bond motifs is 1. The van der Waals surface area contributed by atoms with Crippen molar-refractivity contribution in [2.45, 2.75) is 25.9 Å². The molecule has 3 aromatic rings. The molecule has 2 N–H and O–H groups in total. The van der Waals surface area contributed by atoms with Crippen LogP contribution in [0.5, 0.6) is 11.5 Å². The van der Waals surface area contributed by atoms with E-state index < -0.39 is 6.04 Å². The summed E-state index contributed by atoms with van der Waals surface area (Å²) in [5.74, 6) is 0.789. The highest BCUT2D eigenvalue weighted by molar-refractivity contribution is 9.10. The molecule has 0 fully saturated rings. The zero-order chi connectivity index (χ0) is 23.0. The first-order valence-electron chi connectivity index (χ1n) is 9.92. The van der Waals surface area contributed by atoms with Gasteiger partial charge in [0.1, 0.15) is 17.3 Å². The minimum Gasteiger partial charge on any atom is -0.497 e. The van der Waals surface area contributed by atoms with Crippen LogP contribution in [-0.2, 0) is 13.0 Å². The van der Waals surface area contributed by atoms with Crippen molar-refractivity contribution in [3.05, 3.63) is 74.8 Å². The number of hydrogen-bond donors (Lipinski definition) is 1. The van der Waals surface area contributed by atoms with Crippen LogP contribution in [-0.4, -0.2) is 35.0 Å². The molecule has 0 spiro atoms. The molecule has 0 bridgehead atoms. The zero-order valence-corrected chi connectivity index (χ0v) is 19.4. The van der Waals surface area contributed by atoms with E-state index in [1.807, 2.05) is 12.1 Å². The largest absolute Gasteiger partial charge is 0.497 e. The quantitative estimate of drug-likeness (QED) is 0.563. The Bertz CT molecular complexity index is 1200. The standard InChI is InChI=1S/C23H22BrFN4O3/c1-12-21-18(28-23(26)27-12)10-19(16-7-5-14(25)8-17(16)24)29(22(21)30)11-13-4-6-15(31-2)9-20(13)32-3/h4-9,19H,10-11H2,1-3H3,(H2,26,27,28)/t19-/m1/s1. The predicted octanol–water partition coefficient (Wildman–Crippen LogP) is 4.23. The number of methoxy groups -OCH3 is 2. The second-order valence-electron chi connectivity index (χ2n) is 7.49. The number of carbonyl (C=O) groups is 1. The Labute approximate surface area is 193 Å². The number of nitrogen functional groups attached to an aromatic ring is 1. The summed E-state index contributed by atoms with van der Waals surface area (Å²) in [6.45, 7) is 2.01. The Morgan fingerprint density at radius 1 is 1.19 bits per heavy atom. The third-order valence-electron chi connectivity index (χ3n) is 5.58. The molecular weight excluding hydrogens is 479 g/mol. The monoisotopic (exact) mass is 500 g/mol. The van der Waals surface area contributed by atoms with Gasteiger partial charge in [0, 0.05) is 22.5 Å². The van der Waals surface area contributed by atoms with Crippen molar-refractivity contribution in [2.75, 3.05) is 20.0 Å². The summed E-state index contributed by atoms with van der Waals surface area (Å²) in [5, 5.41) is 0. The molecule has 7 nitrogen and oxygen atoms in total. The van der Waals surface area contributed by atoms with Crippen molar-refractivity contribution in [1.82, 2.24) is 14.9 Å². The predicted molar refractivity (Wildman–Crippen MR) is 121 cm³/mol. The van der Waals surface area contributed by atoms with Gasteiger partial charge in [0.2, 0.25) is 5.95 Å². The third kappa shape index (κ3) is 4.00. The first-order valence-corrected chi connectivity index (χ1v) is 10.7. The molecule has 1 aliphatic rings. The lowest BCUT2D eigenvalue weighted by Crippen LogP contribution is -2.41. The van der Waals surface area contributed by atoms with Gasteiger partial charge in [-0.05, 0) is 36.8 Å². The van der Waals surface area contributed by atoms with Crippen molar-refractivity contribution in [3.8, 4) is 11.5 Å². The van der Waals surface area contributed by atoms with E-state index in [2.05, 4.69) is 25.9 Å². The number of rotatable bonds is 5. The number of aromatic nitrogens is 2. The number of benzene rings is 2. The fraction of sp³-hybridized carbons (Fsp3) is 0.261. The Kier molecular flexibility index (Phi) is 6.01. The van der Waals surface area contributed by atoms with E-state index in [4.69, 9.17) is 15.2 Å². The molecule has 1 amide bonds. The van der Waals surface area contributed by atoms with Gasteiger partial charge in [-0.2, -0.15) is 0 Å². The van der Waals surface area contributed by atoms with Crippen LogP contribution in [0.1, 0.15) is 38.9 Å². The molecule has 1 atom stereocenters. The molecule has 0 unspecified atom stereocenters. The van der Waals surface area contributed by atoms with Crippen LogP contribution < -0.4 is 15.2 Å². The molecule has 2 heterocycles. The van der Waals surface area contributed by atoms with Gasteiger partial charge >= 0.3 is 0 Å². The molecular formula is C23H22BrFN4O3. The smallest absolute Gasteiger partial charge is 0.258 e. The zero-order valence-electron chi connectivity index (χ0n) is 17.9. The SMILES string of the molecule is COc1ccc(CN2C(=O)c3c(C)nc(N)nc3C[C@@H]2c2ccc(F)cc2Br)c(OC)c1. The number of ether oxygens (including phenoxy) is 2. The Hall–Kier alpha value is -3.20. The van der Waals surface area contributed by atoms with E-state index in [0.29, 0.717) is 39.3 Å². The highest BCUT2D eigenvalue weighted by Gasteiger charge is 2.37. The molecule has 0 saturated carbocycles. The van der Waals surface area contributed by atoms with Gasteiger partial charge in [-0.3, -0.25) is 4.79 Å². The summed E-state index contributed by atoms with van der Waals surface area (Å²) in [6.07, 6.45) is 0.414. The summed E-state index contributed by atoms with van der Waals surface area (Å²) in [7, 11) is 3.15. The maximum Gasteiger partial charge on any atom is 0.258 e. The van der Waals surface area contributed by atoms with Crippen molar-refractivity contribution in [1.29, 1.82) is 0 Å². The number of nitrogens with zero attached hydrogens (tertiary/aromatic N) is 3. The van der Waals surface area contributed by atoms with Crippen molar-refractivity contribution in [3.63, 3.8) is 0 Å². The highest BCUT2D eigenvalue weighted by Crippen LogP contribution is 2.39. The maximum absolute atomic E-state index is 13.8. The first-order chi connectivity index (χ1) is 15.3. The van der Waals surface area contributed by atoms with Crippen molar-refractivity contribution in [2.24, 2.45) is 0 Å². The van der Waals surface area contributed by atoms with Gasteiger partial charge in [-0.25, -0.2) is 14.4 Å². The van der Waals surface area contributed by atoms with Crippen molar-refractivity contribution >= 4 is 27.8 Å². The Morgan fingerprint density at radius 2 is 1.97 bits per heavy atom. The summed E-state index contributed by atoms with van der Waals surface area (Å²) < 4.78 is 25.2. The molecule has 1 aliphatic heterocycles. The number of amides is 1. The minimum atomic E-state index is -0.398. The molecule has 32 heavy (non-hydrogen) atoms. The normalized spacial score (nSPS) is 15.5. The molecule has 4 rings (SSSR count). The van der Waals surface area contributed by atoms with Gasteiger partial charge in [0.25, 0.3) is 5.91 Å². The van der Waals surface area contributed by atoms with Crippen LogP contribution in [0, 0.1) is 12.7 Å². The maximum atomic E-state index is 13.8. The van der Waals surface area contributed by atoms with Crippen LogP contribution in [0.4, 0.5) is 10.3 Å². The molecule has 1 aromatic heterocycles. The molecule has 2 aromatic carbocycles. The van der Waals surface area contributed by atoms with Gasteiger partial charge < -0.3 is 20.1 Å². The van der Waals surface area contributed by atoms with E-state index in [-0.39, 0.29) is 24.2 Å². The molecule has 0 saturated heterocycles. The lowest BCUT2D eigenvalue weighted by molar-refractivity contribution is 0.0622. The summed E-state index contributed by atoms with van der Waals surface area (Å²) in [6, 6.07) is 9.51. The van der Waals surface area contributed by atoms with E-state index in [1.54, 1.807) is 38.2 Å². The van der Waals surface area contributed by atoms with Gasteiger partial charge in [-0.15, -0.1) is 0 Å². The molecule has 0 radical (unpaired) electrons. The fourth-order valence-electron chi connectivity index (χ4n) is 4.06. The number of carbonyl (C=O) groups excluding carboxylic acids is 1. The topological polar surface area (TPSA) is 90.6 Å². The average Bonchev–Trinajstić information content (AvgIpc) is 2.75. The van der Waals surface area contributed by atoms with Crippen molar-refractivity contribution < 1.29 is 18.7 Å². The average molecular weight is 501 g/mol. The van der Waals surface area contributed by atoms with Gasteiger partial charge in [-0.1, -0.05) is 22.0 Å². The Morgan fingerprint density at radius 3 is 2.66 bits per heavy atom. The van der Waals surface area contributed by atoms with Crippen LogP contribution in [0.3, 0.4) is 0 Å². The second-order valence-corrected chi connectivity index (χ2v) is 8.34. The molecule has 0 aliphatic carbocycles. The number of halogens is 2. The van der Waals surface area contributed by atoms with E-state index in [1.165, 1.54) is 12.1 Å². The van der Waals surface area contributed by atoms with E-state index in [9.17, 15) is 9.18 Å². The fourth-order valence-corrected chi connectivity index (χ4v) is 4.67. The van der Waals surface area contributed by atoms with Crippen LogP contribution in [0.2, 0.25) is 0 Å². The first kappa shape index (κ1) is 22.0. The van der Waals surface area contributed by atoms with Crippen LogP contribution in [0.25, 0.3) is 0 Å². The van der Waals surface area contributed by atoms with E-state index >= 15 is 0 Å². The number of aryl methyl sites for hydroxylation is 1. The van der Waals surface area contributed by atoms with Crippen LogP contribution in [0.15, 0.2) is 40.9 Å².